The number of piperidine rings is 1. The summed E-state index contributed by atoms with van der Waals surface area (Å²) in [7, 11) is 0. The number of hydrogen-bond donors (Lipinski definition) is 1. The van der Waals surface area contributed by atoms with Gasteiger partial charge in [-0.2, -0.15) is 0 Å². The van der Waals surface area contributed by atoms with E-state index in [1.54, 1.807) is 11.3 Å². The van der Waals surface area contributed by atoms with E-state index in [1.807, 2.05) is 17.4 Å². The topological polar surface area (TPSA) is 58.4 Å². The summed E-state index contributed by atoms with van der Waals surface area (Å²) in [5, 5.41) is 13.0. The molecule has 126 valence electrons. The van der Waals surface area contributed by atoms with Gasteiger partial charge in [0, 0.05) is 29.4 Å². The first-order valence-corrected chi connectivity index (χ1v) is 9.67. The number of thiophene rings is 1. The van der Waals surface area contributed by atoms with Gasteiger partial charge in [-0.05, 0) is 43.0 Å². The van der Waals surface area contributed by atoms with Crippen molar-refractivity contribution in [3.63, 3.8) is 0 Å². The summed E-state index contributed by atoms with van der Waals surface area (Å²) in [6, 6.07) is 2.72. The van der Waals surface area contributed by atoms with Crippen molar-refractivity contribution in [2.24, 2.45) is 5.92 Å². The van der Waals surface area contributed by atoms with Crippen molar-refractivity contribution in [2.45, 2.75) is 50.3 Å². The Bertz CT molecular complexity index is 743. The Morgan fingerprint density at radius 1 is 1.42 bits per heavy atom. The molecule has 2 saturated heterocycles. The molecule has 1 unspecified atom stereocenters. The second-order valence-electron chi connectivity index (χ2n) is 7.27. The Morgan fingerprint density at radius 3 is 3.25 bits per heavy atom. The minimum Gasteiger partial charge on any atom is -0.393 e. The van der Waals surface area contributed by atoms with E-state index in [4.69, 9.17) is 0 Å². The van der Waals surface area contributed by atoms with E-state index in [9.17, 15) is 9.90 Å². The van der Waals surface area contributed by atoms with E-state index in [0.717, 1.165) is 32.2 Å². The lowest BCUT2D eigenvalue weighted by atomic mass is 9.84. The smallest absolute Gasteiger partial charge is 0.222 e. The van der Waals surface area contributed by atoms with Crippen LogP contribution in [0.15, 0.2) is 24.0 Å². The summed E-state index contributed by atoms with van der Waals surface area (Å²) in [6.45, 7) is 0.816. The predicted molar refractivity (Wildman–Crippen MR) is 91.8 cm³/mol. The summed E-state index contributed by atoms with van der Waals surface area (Å²) in [4.78, 5) is 19.5. The monoisotopic (exact) mass is 343 g/mol. The molecule has 4 atom stereocenters. The maximum Gasteiger partial charge on any atom is 0.222 e. The van der Waals surface area contributed by atoms with Gasteiger partial charge in [0.2, 0.25) is 5.91 Å². The lowest BCUT2D eigenvalue weighted by Crippen LogP contribution is -2.43. The Labute approximate surface area is 144 Å². The highest BCUT2D eigenvalue weighted by atomic mass is 32.1. The van der Waals surface area contributed by atoms with Crippen molar-refractivity contribution in [1.29, 1.82) is 0 Å². The molecule has 0 aromatic carbocycles. The number of carbonyl (C=O) groups is 1. The molecular weight excluding hydrogens is 322 g/mol. The molecule has 2 aromatic rings. The molecule has 1 amide bonds. The highest BCUT2D eigenvalue weighted by Crippen LogP contribution is 2.45. The highest BCUT2D eigenvalue weighted by molar-refractivity contribution is 7.10. The summed E-state index contributed by atoms with van der Waals surface area (Å²) in [5.41, 5.74) is 2.44. The second kappa shape index (κ2) is 5.43. The number of aliphatic hydroxyl groups excluding tert-OH is 1. The molecule has 0 radical (unpaired) electrons. The van der Waals surface area contributed by atoms with Crippen LogP contribution in [-0.2, 0) is 4.79 Å². The largest absolute Gasteiger partial charge is 0.393 e. The summed E-state index contributed by atoms with van der Waals surface area (Å²) in [6.07, 6.45) is 7.74. The lowest BCUT2D eigenvalue weighted by molar-refractivity contribution is -0.131. The van der Waals surface area contributed by atoms with Crippen LogP contribution < -0.4 is 0 Å². The molecule has 0 saturated carbocycles. The van der Waals surface area contributed by atoms with Crippen molar-refractivity contribution >= 4 is 17.2 Å². The van der Waals surface area contributed by atoms with E-state index in [0.29, 0.717) is 24.3 Å². The fraction of sp³-hybridized carbons (Fsp3) is 0.556. The molecule has 2 aromatic heterocycles. The number of aliphatic hydroxyl groups is 1. The molecule has 0 aliphatic carbocycles. The van der Waals surface area contributed by atoms with E-state index >= 15 is 0 Å². The summed E-state index contributed by atoms with van der Waals surface area (Å²) in [5.74, 6) is 0.600. The Kier molecular flexibility index (Phi) is 3.31. The van der Waals surface area contributed by atoms with Crippen LogP contribution in [-0.4, -0.2) is 44.2 Å². The number of aromatic nitrogens is 2. The molecule has 0 bridgehead atoms. The van der Waals surface area contributed by atoms with Crippen molar-refractivity contribution in [1.82, 2.24) is 14.5 Å². The Balaban J connectivity index is 1.33. The van der Waals surface area contributed by atoms with Crippen LogP contribution in [0.1, 0.15) is 43.0 Å². The van der Waals surface area contributed by atoms with Gasteiger partial charge < -0.3 is 14.6 Å². The third kappa shape index (κ3) is 2.09. The van der Waals surface area contributed by atoms with E-state index < -0.39 is 0 Å². The van der Waals surface area contributed by atoms with Gasteiger partial charge in [-0.15, -0.1) is 11.3 Å². The highest BCUT2D eigenvalue weighted by Gasteiger charge is 2.40. The quantitative estimate of drug-likeness (QED) is 0.932. The van der Waals surface area contributed by atoms with E-state index in [1.165, 1.54) is 16.1 Å². The van der Waals surface area contributed by atoms with Gasteiger partial charge in [0.1, 0.15) is 0 Å². The Hall–Kier alpha value is -1.66. The molecule has 5 heterocycles. The molecule has 2 fully saturated rings. The first-order chi connectivity index (χ1) is 11.7. The van der Waals surface area contributed by atoms with E-state index in [-0.39, 0.29) is 12.1 Å². The van der Waals surface area contributed by atoms with Gasteiger partial charge in [0.05, 0.1) is 30.4 Å². The molecule has 3 aliphatic rings. The number of carbonyl (C=O) groups excluding carboxylic acids is 1. The fourth-order valence-electron chi connectivity index (χ4n) is 4.79. The molecule has 3 aliphatic heterocycles. The Morgan fingerprint density at radius 2 is 2.33 bits per heavy atom. The van der Waals surface area contributed by atoms with Crippen molar-refractivity contribution in [2.75, 3.05) is 6.54 Å². The minimum atomic E-state index is -0.323. The number of nitrogens with zero attached hydrogens (tertiary/aromatic N) is 3. The molecule has 5 nitrogen and oxygen atoms in total. The zero-order chi connectivity index (χ0) is 16.3. The molecular formula is C18H21N3O2S. The SMILES string of the molecule is O=C1CCC2C[C@H]([C@@H](O)C[C@H]3c4sccc4-c4cncn43)CCN12. The van der Waals surface area contributed by atoms with Gasteiger partial charge >= 0.3 is 0 Å². The molecule has 5 rings (SSSR count). The third-order valence-corrected chi connectivity index (χ3v) is 7.07. The molecule has 1 N–H and O–H groups in total. The van der Waals surface area contributed by atoms with Gasteiger partial charge in [-0.3, -0.25) is 4.79 Å². The van der Waals surface area contributed by atoms with Gasteiger partial charge in [0.25, 0.3) is 0 Å². The zero-order valence-electron chi connectivity index (χ0n) is 13.5. The van der Waals surface area contributed by atoms with Crippen LogP contribution in [0.2, 0.25) is 0 Å². The summed E-state index contributed by atoms with van der Waals surface area (Å²) >= 11 is 1.77. The standard InChI is InChI=1S/C18H21N3O2S/c22-16(11-3-5-20-12(7-11)1-2-17(20)23)8-14-18-13(4-6-24-18)15-9-19-10-21(14)15/h4,6,9-12,14,16,22H,1-3,5,7-8H2/t11-,12?,14+,16+/m1/s1. The lowest BCUT2D eigenvalue weighted by Gasteiger charge is -2.37. The van der Waals surface area contributed by atoms with Crippen molar-refractivity contribution in [3.05, 3.63) is 28.8 Å². The third-order valence-electron chi connectivity index (χ3n) is 6.05. The van der Waals surface area contributed by atoms with E-state index in [2.05, 4.69) is 21.0 Å². The van der Waals surface area contributed by atoms with Crippen molar-refractivity contribution in [3.8, 4) is 11.3 Å². The molecule has 6 heteroatoms. The first kappa shape index (κ1) is 14.7. The number of imidazole rings is 1. The fourth-order valence-corrected chi connectivity index (χ4v) is 5.80. The number of rotatable bonds is 3. The van der Waals surface area contributed by atoms with Gasteiger partial charge in [-0.25, -0.2) is 4.98 Å². The molecule has 24 heavy (non-hydrogen) atoms. The van der Waals surface area contributed by atoms with Crippen LogP contribution in [0.4, 0.5) is 0 Å². The maximum atomic E-state index is 11.8. The van der Waals surface area contributed by atoms with Crippen LogP contribution in [0.5, 0.6) is 0 Å². The average molecular weight is 343 g/mol. The van der Waals surface area contributed by atoms with Gasteiger partial charge in [-0.1, -0.05) is 0 Å². The minimum absolute atomic E-state index is 0.204. The predicted octanol–water partition coefficient (Wildman–Crippen LogP) is 2.67. The van der Waals surface area contributed by atoms with Crippen molar-refractivity contribution < 1.29 is 9.90 Å². The maximum absolute atomic E-state index is 11.8. The number of hydrogen-bond acceptors (Lipinski definition) is 4. The second-order valence-corrected chi connectivity index (χ2v) is 8.22. The number of fused-ring (bicyclic) bond motifs is 4. The normalized spacial score (nSPS) is 29.5. The summed E-state index contributed by atoms with van der Waals surface area (Å²) < 4.78 is 2.21. The zero-order valence-corrected chi connectivity index (χ0v) is 14.3. The van der Waals surface area contributed by atoms with Gasteiger partial charge in [0.15, 0.2) is 0 Å². The van der Waals surface area contributed by atoms with Crippen LogP contribution in [0.3, 0.4) is 0 Å². The van der Waals surface area contributed by atoms with Crippen LogP contribution in [0.25, 0.3) is 11.3 Å². The number of amides is 1. The van der Waals surface area contributed by atoms with Crippen LogP contribution >= 0.6 is 11.3 Å². The average Bonchev–Trinajstić information content (AvgIpc) is 3.33. The molecule has 0 spiro atoms. The van der Waals surface area contributed by atoms with Crippen LogP contribution in [0, 0.1) is 5.92 Å². The first-order valence-electron chi connectivity index (χ1n) is 8.79.